The zero-order valence-corrected chi connectivity index (χ0v) is 34.6. The number of aliphatic hydroxyl groups excluding tert-OH is 2. The maximum atomic E-state index is 13.4. The Kier molecular flexibility index (Phi) is 14.7. The van der Waals surface area contributed by atoms with E-state index in [-0.39, 0.29) is 43.8 Å². The van der Waals surface area contributed by atoms with Gasteiger partial charge in [-0.25, -0.2) is 14.0 Å². The molecule has 0 aromatic heterocycles. The highest BCUT2D eigenvalue weighted by Gasteiger charge is 2.46. The molecule has 0 bridgehead atoms. The van der Waals surface area contributed by atoms with Crippen LogP contribution in [0, 0.1) is 5.82 Å². The molecule has 4 aromatic rings. The first kappa shape index (κ1) is 42.8. The Morgan fingerprint density at radius 3 is 1.86 bits per heavy atom. The number of benzene rings is 4. The molecule has 56 heavy (non-hydrogen) atoms. The monoisotopic (exact) mass is 895 g/mol. The van der Waals surface area contributed by atoms with E-state index in [1.54, 1.807) is 21.9 Å². The van der Waals surface area contributed by atoms with Crippen molar-refractivity contribution in [1.82, 2.24) is 9.80 Å². The summed E-state index contributed by atoms with van der Waals surface area (Å²) in [7, 11) is 0. The van der Waals surface area contributed by atoms with E-state index in [0.29, 0.717) is 31.5 Å². The van der Waals surface area contributed by atoms with Crippen molar-refractivity contribution in [2.45, 2.75) is 81.8 Å². The summed E-state index contributed by atoms with van der Waals surface area (Å²) in [5.74, 6) is -0.843. The summed E-state index contributed by atoms with van der Waals surface area (Å²) in [6, 6.07) is 30.8. The number of hydrogen-bond donors (Lipinski definition) is 3. The molecule has 0 spiro atoms. The smallest absolute Gasteiger partial charge is 0.411 e. The van der Waals surface area contributed by atoms with Crippen LogP contribution in [0.2, 0.25) is 0 Å². The van der Waals surface area contributed by atoms with Crippen molar-refractivity contribution in [3.05, 3.63) is 140 Å². The summed E-state index contributed by atoms with van der Waals surface area (Å²) in [5, 5.41) is 19.4. The minimum atomic E-state index is -0.990. The average Bonchev–Trinajstić information content (AvgIpc) is 3.19. The lowest BCUT2D eigenvalue weighted by Crippen LogP contribution is -2.50. The minimum absolute atomic E-state index is 0.0721. The van der Waals surface area contributed by atoms with Crippen LogP contribution < -0.4 is 5.73 Å². The van der Waals surface area contributed by atoms with Crippen molar-refractivity contribution >= 4 is 50.0 Å². The summed E-state index contributed by atoms with van der Waals surface area (Å²) < 4.78 is 27.2. The third-order valence-corrected chi connectivity index (χ3v) is 11.7. The normalized spacial score (nSPS) is 21.2. The van der Waals surface area contributed by atoms with Crippen LogP contribution in [0.5, 0.6) is 0 Å². The lowest BCUT2D eigenvalue weighted by atomic mass is 9.83. The number of aliphatic hydroxyl groups is 2. The number of carbonyl (C=O) groups is 3. The molecule has 0 aliphatic carbocycles. The predicted octanol–water partition coefficient (Wildman–Crippen LogP) is 9.03. The number of primary amides is 1. The van der Waals surface area contributed by atoms with E-state index in [1.165, 1.54) is 12.1 Å². The molecule has 3 amide bonds. The van der Waals surface area contributed by atoms with Crippen molar-refractivity contribution in [3.63, 3.8) is 0 Å². The highest BCUT2D eigenvalue weighted by molar-refractivity contribution is 9.10. The number of nitrogens with two attached hydrogens (primary N) is 1. The van der Waals surface area contributed by atoms with Crippen LogP contribution in [-0.2, 0) is 25.5 Å². The fraction of sp³-hybridized carbons (Fsp3) is 0.372. The molecule has 4 aromatic carbocycles. The summed E-state index contributed by atoms with van der Waals surface area (Å²) in [6.07, 6.45) is 0.508. The number of amides is 3. The molecule has 0 radical (unpaired) electrons. The molecular formula is C43H48Br2FN3O7. The van der Waals surface area contributed by atoms with Gasteiger partial charge in [-0.2, -0.15) is 0 Å². The Bertz CT molecular complexity index is 1920. The largest absolute Gasteiger partial charge is 0.438 e. The van der Waals surface area contributed by atoms with Crippen LogP contribution in [0.15, 0.2) is 112 Å². The number of ether oxygens (including phenoxy) is 2. The van der Waals surface area contributed by atoms with Crippen molar-refractivity contribution in [1.29, 1.82) is 0 Å². The van der Waals surface area contributed by atoms with Gasteiger partial charge in [0.2, 0.25) is 5.91 Å². The zero-order chi connectivity index (χ0) is 40.5. The molecule has 2 heterocycles. The molecule has 13 heteroatoms. The van der Waals surface area contributed by atoms with E-state index >= 15 is 0 Å². The summed E-state index contributed by atoms with van der Waals surface area (Å²) in [4.78, 5) is 40.7. The fourth-order valence-electron chi connectivity index (χ4n) is 7.47. The number of halogens is 3. The van der Waals surface area contributed by atoms with Crippen LogP contribution in [0.25, 0.3) is 0 Å². The topological polar surface area (TPSA) is 143 Å². The Hall–Kier alpha value is -4.30. The van der Waals surface area contributed by atoms with Crippen molar-refractivity contribution in [3.8, 4) is 0 Å². The van der Waals surface area contributed by atoms with E-state index in [0.717, 1.165) is 32.1 Å². The van der Waals surface area contributed by atoms with Crippen molar-refractivity contribution in [2.75, 3.05) is 19.7 Å². The van der Waals surface area contributed by atoms with Gasteiger partial charge in [0.25, 0.3) is 0 Å². The molecule has 4 N–H and O–H groups in total. The van der Waals surface area contributed by atoms with Gasteiger partial charge < -0.3 is 35.2 Å². The fourth-order valence-corrected chi connectivity index (χ4v) is 8.00. The van der Waals surface area contributed by atoms with Gasteiger partial charge in [-0.05, 0) is 72.0 Å². The first-order valence-electron chi connectivity index (χ1n) is 18.7. The molecule has 0 saturated carbocycles. The molecule has 10 nitrogen and oxygen atoms in total. The number of rotatable bonds is 13. The van der Waals surface area contributed by atoms with Gasteiger partial charge in [-0.3, -0.25) is 4.79 Å². The lowest BCUT2D eigenvalue weighted by Gasteiger charge is -2.44. The van der Waals surface area contributed by atoms with Crippen LogP contribution in [0.1, 0.15) is 86.7 Å². The van der Waals surface area contributed by atoms with Gasteiger partial charge >= 0.3 is 12.2 Å². The van der Waals surface area contributed by atoms with Gasteiger partial charge in [0.1, 0.15) is 17.0 Å². The van der Waals surface area contributed by atoms with Gasteiger partial charge in [0.05, 0.1) is 24.8 Å². The van der Waals surface area contributed by atoms with Crippen LogP contribution in [0.3, 0.4) is 0 Å². The summed E-state index contributed by atoms with van der Waals surface area (Å²) in [5.41, 5.74) is 6.95. The van der Waals surface area contributed by atoms with Gasteiger partial charge in [0, 0.05) is 54.1 Å². The lowest BCUT2D eigenvalue weighted by molar-refractivity contribution is -0.121. The Balaban J connectivity index is 0.000000214. The summed E-state index contributed by atoms with van der Waals surface area (Å²) in [6.45, 7) is 4.59. The second-order valence-corrected chi connectivity index (χ2v) is 16.0. The predicted molar refractivity (Wildman–Crippen MR) is 218 cm³/mol. The zero-order valence-electron chi connectivity index (χ0n) is 31.5. The quantitative estimate of drug-likeness (QED) is 0.122. The van der Waals surface area contributed by atoms with Crippen molar-refractivity contribution in [2.24, 2.45) is 5.73 Å². The minimum Gasteiger partial charge on any atom is -0.438 e. The first-order valence-corrected chi connectivity index (χ1v) is 20.3. The second-order valence-electron chi connectivity index (χ2n) is 14.2. The summed E-state index contributed by atoms with van der Waals surface area (Å²) >= 11 is 6.85. The average molecular weight is 898 g/mol. The van der Waals surface area contributed by atoms with Gasteiger partial charge in [-0.15, -0.1) is 0 Å². The Labute approximate surface area is 344 Å². The molecule has 3 unspecified atom stereocenters. The Morgan fingerprint density at radius 1 is 0.804 bits per heavy atom. The van der Waals surface area contributed by atoms with E-state index in [1.807, 2.05) is 85.8 Å². The van der Waals surface area contributed by atoms with Crippen LogP contribution in [0.4, 0.5) is 14.0 Å². The third kappa shape index (κ3) is 10.4. The Morgan fingerprint density at radius 2 is 1.32 bits per heavy atom. The van der Waals surface area contributed by atoms with Gasteiger partial charge in [-0.1, -0.05) is 106 Å². The van der Waals surface area contributed by atoms with E-state index in [4.69, 9.17) is 15.2 Å². The first-order chi connectivity index (χ1) is 26.8. The van der Waals surface area contributed by atoms with Crippen LogP contribution in [-0.4, -0.2) is 63.9 Å². The second kappa shape index (κ2) is 19.2. The van der Waals surface area contributed by atoms with E-state index in [2.05, 4.69) is 38.8 Å². The molecule has 2 fully saturated rings. The molecule has 6 rings (SSSR count). The standard InChI is InChI=1S/C22H26BrNO4.C21H22BrFN2O3/c1-2-20(16-8-10-18(23)11-9-16)24-13-12-22(28-21(24)27,14-19(26)15-25)17-6-4-3-5-7-17;1-14(15-2-6-17(22)7-3-15)25-13-12-21(28-20(25)27,11-10-19(24)26)16-4-8-18(23)9-5-16/h3-11,19-20,25-26H,2,12-15H2,1H3;2-9,14H,10-13H2,1H3,(H2,24,26)/t19?,20-,22?;14-,21?/m00/s1. The van der Waals surface area contributed by atoms with Crippen molar-refractivity contribution < 1.29 is 38.5 Å². The molecule has 298 valence electrons. The molecule has 2 aliphatic heterocycles. The number of hydrogen-bond acceptors (Lipinski definition) is 7. The number of carbonyl (C=O) groups excluding carboxylic acids is 3. The highest BCUT2D eigenvalue weighted by Crippen LogP contribution is 2.42. The third-order valence-electron chi connectivity index (χ3n) is 10.6. The SMILES string of the molecule is CC[C@@H](c1ccc(Br)cc1)N1CCC(CC(O)CO)(c2ccccc2)OC1=O.C[C@@H](c1ccc(Br)cc1)N1CCC(CCC(N)=O)(c2ccc(F)cc2)OC1=O. The highest BCUT2D eigenvalue weighted by atomic mass is 79.9. The van der Waals surface area contributed by atoms with Gasteiger partial charge in [0.15, 0.2) is 0 Å². The molecule has 5 atom stereocenters. The number of cyclic esters (lactones) is 2. The maximum absolute atomic E-state index is 13.4. The van der Waals surface area contributed by atoms with E-state index in [9.17, 15) is 29.0 Å². The number of nitrogens with zero attached hydrogens (tertiary/aromatic N) is 2. The molecule has 2 aliphatic rings. The molecule has 2 saturated heterocycles. The maximum Gasteiger partial charge on any atom is 0.411 e. The van der Waals surface area contributed by atoms with Crippen LogP contribution >= 0.6 is 31.9 Å². The van der Waals surface area contributed by atoms with E-state index < -0.39 is 35.4 Å². The molecular weight excluding hydrogens is 849 g/mol.